The van der Waals surface area contributed by atoms with Crippen molar-refractivity contribution in [2.45, 2.75) is 6.61 Å². The van der Waals surface area contributed by atoms with Gasteiger partial charge in [-0.15, -0.1) is 0 Å². The monoisotopic (exact) mass is 253 g/mol. The van der Waals surface area contributed by atoms with Crippen molar-refractivity contribution in [3.05, 3.63) is 60.3 Å². The number of aromatic amines is 1. The molecule has 3 aromatic rings. The quantitative estimate of drug-likeness (QED) is 0.768. The second-order valence-electron chi connectivity index (χ2n) is 4.31. The number of ether oxygens (including phenoxy) is 2. The normalized spacial score (nSPS) is 10.6. The molecule has 0 aliphatic rings. The highest BCUT2D eigenvalue weighted by Crippen LogP contribution is 2.35. The van der Waals surface area contributed by atoms with Crippen LogP contribution in [0, 0.1) is 0 Å². The molecule has 0 spiro atoms. The summed E-state index contributed by atoms with van der Waals surface area (Å²) in [5.41, 5.74) is 2.18. The number of H-pyrrole nitrogens is 1. The third kappa shape index (κ3) is 2.27. The first-order valence-corrected chi connectivity index (χ1v) is 6.19. The Kier molecular flexibility index (Phi) is 3.11. The molecule has 1 N–H and O–H groups in total. The zero-order valence-corrected chi connectivity index (χ0v) is 10.7. The Morgan fingerprint density at radius 2 is 1.84 bits per heavy atom. The van der Waals surface area contributed by atoms with E-state index in [9.17, 15) is 0 Å². The summed E-state index contributed by atoms with van der Waals surface area (Å²) in [5.74, 6) is 1.54. The van der Waals surface area contributed by atoms with Crippen molar-refractivity contribution in [3.63, 3.8) is 0 Å². The molecule has 0 aliphatic carbocycles. The summed E-state index contributed by atoms with van der Waals surface area (Å²) in [4.78, 5) is 3.17. The molecule has 1 aromatic heterocycles. The predicted molar refractivity (Wildman–Crippen MR) is 75.6 cm³/mol. The van der Waals surface area contributed by atoms with Crippen LogP contribution >= 0.6 is 0 Å². The lowest BCUT2D eigenvalue weighted by atomic mass is 10.2. The number of fused-ring (bicyclic) bond motifs is 1. The van der Waals surface area contributed by atoms with Gasteiger partial charge in [0.15, 0.2) is 11.5 Å². The number of aromatic nitrogens is 1. The Balaban J connectivity index is 1.92. The van der Waals surface area contributed by atoms with Crippen molar-refractivity contribution in [3.8, 4) is 11.5 Å². The Morgan fingerprint density at radius 1 is 1.00 bits per heavy atom. The summed E-state index contributed by atoms with van der Waals surface area (Å²) in [7, 11) is 1.66. The first-order valence-electron chi connectivity index (χ1n) is 6.19. The second-order valence-corrected chi connectivity index (χ2v) is 4.31. The number of hydrogen-bond donors (Lipinski definition) is 1. The molecule has 19 heavy (non-hydrogen) atoms. The molecule has 3 rings (SSSR count). The number of rotatable bonds is 4. The van der Waals surface area contributed by atoms with Crippen LogP contribution in [0.2, 0.25) is 0 Å². The van der Waals surface area contributed by atoms with Gasteiger partial charge in [-0.3, -0.25) is 0 Å². The summed E-state index contributed by atoms with van der Waals surface area (Å²) in [6, 6.07) is 16.0. The molecule has 0 saturated carbocycles. The molecule has 3 nitrogen and oxygen atoms in total. The molecule has 0 unspecified atom stereocenters. The van der Waals surface area contributed by atoms with E-state index in [1.807, 2.05) is 54.7 Å². The van der Waals surface area contributed by atoms with Gasteiger partial charge in [0.05, 0.1) is 7.11 Å². The maximum Gasteiger partial charge on any atom is 0.171 e. The highest BCUT2D eigenvalue weighted by molar-refractivity contribution is 5.88. The van der Waals surface area contributed by atoms with E-state index >= 15 is 0 Å². The van der Waals surface area contributed by atoms with Crippen molar-refractivity contribution in [1.82, 2.24) is 4.98 Å². The van der Waals surface area contributed by atoms with Crippen LogP contribution in [0.4, 0.5) is 0 Å². The van der Waals surface area contributed by atoms with Gasteiger partial charge < -0.3 is 14.5 Å². The average Bonchev–Trinajstić information content (AvgIpc) is 2.94. The van der Waals surface area contributed by atoms with Crippen LogP contribution in [-0.2, 0) is 6.61 Å². The molecule has 0 radical (unpaired) electrons. The smallest absolute Gasteiger partial charge is 0.171 e. The van der Waals surface area contributed by atoms with Crippen LogP contribution < -0.4 is 9.47 Å². The number of benzene rings is 2. The van der Waals surface area contributed by atoms with E-state index in [-0.39, 0.29) is 0 Å². The van der Waals surface area contributed by atoms with E-state index < -0.39 is 0 Å². The summed E-state index contributed by atoms with van der Waals surface area (Å²) >= 11 is 0. The number of hydrogen-bond acceptors (Lipinski definition) is 2. The molecule has 96 valence electrons. The maximum atomic E-state index is 5.94. The van der Waals surface area contributed by atoms with E-state index in [1.54, 1.807) is 7.11 Å². The van der Waals surface area contributed by atoms with Crippen LogP contribution in [-0.4, -0.2) is 12.1 Å². The fourth-order valence-corrected chi connectivity index (χ4v) is 2.12. The van der Waals surface area contributed by atoms with E-state index in [2.05, 4.69) is 4.98 Å². The topological polar surface area (TPSA) is 34.2 Å². The molecule has 0 amide bonds. The molecule has 0 fully saturated rings. The lowest BCUT2D eigenvalue weighted by Gasteiger charge is -2.12. The van der Waals surface area contributed by atoms with E-state index in [0.717, 1.165) is 28.0 Å². The summed E-state index contributed by atoms with van der Waals surface area (Å²) < 4.78 is 11.3. The Hall–Kier alpha value is -2.42. The molecule has 1 heterocycles. The largest absolute Gasteiger partial charge is 0.493 e. The standard InChI is InChI=1S/C16H15NO2/c1-18-15-8-7-14-13(9-10-17-14)16(15)19-11-12-5-3-2-4-6-12/h2-10,17H,11H2,1H3. The zero-order chi connectivity index (χ0) is 13.1. The summed E-state index contributed by atoms with van der Waals surface area (Å²) in [6.07, 6.45) is 1.90. The van der Waals surface area contributed by atoms with Gasteiger partial charge in [0.25, 0.3) is 0 Å². The summed E-state index contributed by atoms with van der Waals surface area (Å²) in [5, 5.41) is 1.04. The Labute approximate surface area is 111 Å². The van der Waals surface area contributed by atoms with Gasteiger partial charge in [0.2, 0.25) is 0 Å². The molecule has 0 aliphatic heterocycles. The molecule has 0 atom stereocenters. The highest BCUT2D eigenvalue weighted by atomic mass is 16.5. The van der Waals surface area contributed by atoms with Crippen molar-refractivity contribution in [2.24, 2.45) is 0 Å². The third-order valence-corrected chi connectivity index (χ3v) is 3.09. The highest BCUT2D eigenvalue weighted by Gasteiger charge is 2.10. The van der Waals surface area contributed by atoms with Crippen molar-refractivity contribution in [1.29, 1.82) is 0 Å². The molecule has 0 saturated heterocycles. The van der Waals surface area contributed by atoms with Crippen LogP contribution in [0.25, 0.3) is 10.9 Å². The number of nitrogens with one attached hydrogen (secondary N) is 1. The van der Waals surface area contributed by atoms with Crippen LogP contribution in [0.1, 0.15) is 5.56 Å². The van der Waals surface area contributed by atoms with Crippen molar-refractivity contribution >= 4 is 10.9 Å². The predicted octanol–water partition coefficient (Wildman–Crippen LogP) is 3.76. The minimum absolute atomic E-state index is 0.529. The van der Waals surface area contributed by atoms with E-state index in [4.69, 9.17) is 9.47 Å². The number of methoxy groups -OCH3 is 1. The fraction of sp³-hybridized carbons (Fsp3) is 0.125. The minimum atomic E-state index is 0.529. The Morgan fingerprint density at radius 3 is 2.63 bits per heavy atom. The fourth-order valence-electron chi connectivity index (χ4n) is 2.12. The van der Waals surface area contributed by atoms with Gasteiger partial charge in [-0.25, -0.2) is 0 Å². The minimum Gasteiger partial charge on any atom is -0.493 e. The third-order valence-electron chi connectivity index (χ3n) is 3.09. The maximum absolute atomic E-state index is 5.94. The SMILES string of the molecule is COc1ccc2[nH]ccc2c1OCc1ccccc1. The first-order chi connectivity index (χ1) is 9.38. The van der Waals surface area contributed by atoms with Crippen molar-refractivity contribution in [2.75, 3.05) is 7.11 Å². The zero-order valence-electron chi connectivity index (χ0n) is 10.7. The van der Waals surface area contributed by atoms with E-state index in [1.165, 1.54) is 0 Å². The van der Waals surface area contributed by atoms with Gasteiger partial charge >= 0.3 is 0 Å². The lowest BCUT2D eigenvalue weighted by molar-refractivity contribution is 0.288. The molecular weight excluding hydrogens is 238 g/mol. The van der Waals surface area contributed by atoms with E-state index in [0.29, 0.717) is 6.61 Å². The van der Waals surface area contributed by atoms with Gasteiger partial charge in [-0.1, -0.05) is 30.3 Å². The molecule has 2 aromatic carbocycles. The van der Waals surface area contributed by atoms with Crippen LogP contribution in [0.3, 0.4) is 0 Å². The molecule has 3 heteroatoms. The average molecular weight is 253 g/mol. The first kappa shape index (κ1) is 11.7. The Bertz CT molecular complexity index is 674. The summed E-state index contributed by atoms with van der Waals surface area (Å²) in [6.45, 7) is 0.529. The lowest BCUT2D eigenvalue weighted by Crippen LogP contribution is -1.97. The van der Waals surface area contributed by atoms with Gasteiger partial charge in [-0.05, 0) is 23.8 Å². The molecule has 0 bridgehead atoms. The van der Waals surface area contributed by atoms with Gasteiger partial charge in [-0.2, -0.15) is 0 Å². The van der Waals surface area contributed by atoms with Gasteiger partial charge in [0.1, 0.15) is 6.61 Å². The van der Waals surface area contributed by atoms with Crippen LogP contribution in [0.5, 0.6) is 11.5 Å². The van der Waals surface area contributed by atoms with Crippen LogP contribution in [0.15, 0.2) is 54.7 Å². The molecular formula is C16H15NO2. The van der Waals surface area contributed by atoms with Gasteiger partial charge in [0, 0.05) is 17.1 Å². The van der Waals surface area contributed by atoms with Crippen molar-refractivity contribution < 1.29 is 9.47 Å². The second kappa shape index (κ2) is 5.06.